The lowest BCUT2D eigenvalue weighted by atomic mass is 10.1. The molecule has 0 aliphatic carbocycles. The number of nitrogens with zero attached hydrogens (tertiary/aromatic N) is 2. The van der Waals surface area contributed by atoms with E-state index in [1.807, 2.05) is 36.7 Å². The average molecular weight is 286 g/mol. The number of ether oxygens (including phenoxy) is 1. The van der Waals surface area contributed by atoms with E-state index in [4.69, 9.17) is 4.74 Å². The summed E-state index contributed by atoms with van der Waals surface area (Å²) >= 11 is 0. The predicted octanol–water partition coefficient (Wildman–Crippen LogP) is 3.46. The maximum atomic E-state index is 11.6. The number of benzene rings is 1. The van der Waals surface area contributed by atoms with Gasteiger partial charge in [0, 0.05) is 16.8 Å². The van der Waals surface area contributed by atoms with Crippen LogP contribution in [0.2, 0.25) is 0 Å². The molecule has 112 valence electrons. The lowest BCUT2D eigenvalue weighted by Crippen LogP contribution is -2.08. The minimum atomic E-state index is 0.0591. The molecule has 0 aliphatic heterocycles. The molecule has 0 aliphatic rings. The summed E-state index contributed by atoms with van der Waals surface area (Å²) in [5.41, 5.74) is 5.06. The number of Topliss-reactive ketones (excluding diaryl/α,β-unsaturated/α-hetero) is 1. The number of aryl methyl sites for hydroxylation is 1. The quantitative estimate of drug-likeness (QED) is 0.791. The summed E-state index contributed by atoms with van der Waals surface area (Å²) in [5, 5.41) is 4.56. The molecule has 4 heteroatoms. The molecule has 21 heavy (non-hydrogen) atoms. The molecule has 0 radical (unpaired) electrons. The van der Waals surface area contributed by atoms with Gasteiger partial charge in [0.1, 0.15) is 5.75 Å². The summed E-state index contributed by atoms with van der Waals surface area (Å²) in [7, 11) is 0. The van der Waals surface area contributed by atoms with Crippen LogP contribution in [-0.2, 0) is 6.54 Å². The fourth-order valence-corrected chi connectivity index (χ4v) is 2.32. The van der Waals surface area contributed by atoms with Gasteiger partial charge in [0.25, 0.3) is 0 Å². The number of aromatic nitrogens is 2. The molecule has 1 heterocycles. The largest absolute Gasteiger partial charge is 0.494 e. The van der Waals surface area contributed by atoms with Gasteiger partial charge in [-0.1, -0.05) is 0 Å². The molecule has 2 rings (SSSR count). The minimum Gasteiger partial charge on any atom is -0.494 e. The van der Waals surface area contributed by atoms with Gasteiger partial charge in [0.15, 0.2) is 5.78 Å². The molecule has 0 saturated carbocycles. The third kappa shape index (κ3) is 3.15. The van der Waals surface area contributed by atoms with Gasteiger partial charge in [-0.15, -0.1) is 0 Å². The van der Waals surface area contributed by atoms with E-state index in [-0.39, 0.29) is 5.78 Å². The second-order valence-electron chi connectivity index (χ2n) is 5.27. The van der Waals surface area contributed by atoms with Crippen LogP contribution in [0.1, 0.15) is 46.7 Å². The molecule has 0 saturated heterocycles. The number of carbonyl (C=O) groups is 1. The van der Waals surface area contributed by atoms with Crippen molar-refractivity contribution in [1.82, 2.24) is 9.78 Å². The predicted molar refractivity (Wildman–Crippen MR) is 83.2 cm³/mol. The smallest absolute Gasteiger partial charge is 0.159 e. The van der Waals surface area contributed by atoms with Crippen molar-refractivity contribution in [3.8, 4) is 5.75 Å². The van der Waals surface area contributed by atoms with Gasteiger partial charge in [-0.2, -0.15) is 5.10 Å². The van der Waals surface area contributed by atoms with E-state index >= 15 is 0 Å². The summed E-state index contributed by atoms with van der Waals surface area (Å²) in [4.78, 5) is 11.6. The number of ketones is 1. The van der Waals surface area contributed by atoms with Crippen LogP contribution >= 0.6 is 0 Å². The van der Waals surface area contributed by atoms with Crippen molar-refractivity contribution in [3.63, 3.8) is 0 Å². The van der Waals surface area contributed by atoms with E-state index in [2.05, 4.69) is 18.9 Å². The van der Waals surface area contributed by atoms with Crippen molar-refractivity contribution in [3.05, 3.63) is 46.3 Å². The Bertz CT molecular complexity index is 672. The van der Waals surface area contributed by atoms with Crippen LogP contribution in [0.3, 0.4) is 0 Å². The molecule has 0 N–H and O–H groups in total. The summed E-state index contributed by atoms with van der Waals surface area (Å²) in [6.45, 7) is 10.9. The fourth-order valence-electron chi connectivity index (χ4n) is 2.32. The second-order valence-corrected chi connectivity index (χ2v) is 5.27. The maximum absolute atomic E-state index is 11.6. The molecule has 0 atom stereocenters. The lowest BCUT2D eigenvalue weighted by molar-refractivity contribution is 0.101. The van der Waals surface area contributed by atoms with Crippen LogP contribution in [0.15, 0.2) is 18.2 Å². The van der Waals surface area contributed by atoms with Crippen molar-refractivity contribution >= 4 is 5.78 Å². The molecule has 0 unspecified atom stereocenters. The Morgan fingerprint density at radius 3 is 2.52 bits per heavy atom. The Hall–Kier alpha value is -2.10. The average Bonchev–Trinajstić information content (AvgIpc) is 2.68. The van der Waals surface area contributed by atoms with Crippen molar-refractivity contribution < 1.29 is 9.53 Å². The zero-order chi connectivity index (χ0) is 15.6. The highest BCUT2D eigenvalue weighted by molar-refractivity contribution is 5.94. The molecule has 2 aromatic rings. The van der Waals surface area contributed by atoms with Crippen LogP contribution in [0.25, 0.3) is 0 Å². The van der Waals surface area contributed by atoms with E-state index in [0.29, 0.717) is 18.7 Å². The highest BCUT2D eigenvalue weighted by Crippen LogP contribution is 2.23. The Morgan fingerprint density at radius 1 is 1.29 bits per heavy atom. The Morgan fingerprint density at radius 2 is 2.00 bits per heavy atom. The fraction of sp³-hybridized carbons (Fsp3) is 0.412. The molecular formula is C17H22N2O2. The summed E-state index contributed by atoms with van der Waals surface area (Å²) in [6, 6.07) is 5.58. The first kappa shape index (κ1) is 15.3. The topological polar surface area (TPSA) is 44.1 Å². The molecule has 0 spiro atoms. The highest BCUT2D eigenvalue weighted by atomic mass is 16.5. The molecular weight excluding hydrogens is 264 g/mol. The van der Waals surface area contributed by atoms with Crippen LogP contribution in [0.5, 0.6) is 5.75 Å². The molecule has 1 aromatic heterocycles. The Labute approximate surface area is 125 Å². The number of carbonyl (C=O) groups excluding carboxylic acids is 1. The van der Waals surface area contributed by atoms with Crippen LogP contribution in [0, 0.1) is 20.8 Å². The lowest BCUT2D eigenvalue weighted by Gasteiger charge is -2.12. The molecule has 1 aromatic carbocycles. The zero-order valence-electron chi connectivity index (χ0n) is 13.4. The number of hydrogen-bond acceptors (Lipinski definition) is 3. The van der Waals surface area contributed by atoms with E-state index in [9.17, 15) is 4.79 Å². The van der Waals surface area contributed by atoms with E-state index < -0.39 is 0 Å². The Balaban J connectivity index is 2.42. The molecule has 0 amide bonds. The second kappa shape index (κ2) is 6.12. The zero-order valence-corrected chi connectivity index (χ0v) is 13.4. The number of hydrogen-bond donors (Lipinski definition) is 0. The van der Waals surface area contributed by atoms with Crippen molar-refractivity contribution in [2.45, 2.75) is 41.2 Å². The monoisotopic (exact) mass is 286 g/mol. The van der Waals surface area contributed by atoms with Crippen LogP contribution in [0.4, 0.5) is 0 Å². The minimum absolute atomic E-state index is 0.0591. The maximum Gasteiger partial charge on any atom is 0.159 e. The standard InChI is InChI=1S/C17H22N2O2/c1-6-21-17-8-7-15(14(5)20)9-16(17)10-19-13(4)11(2)12(3)18-19/h7-9H,6,10H2,1-5H3. The van der Waals surface area contributed by atoms with Gasteiger partial charge in [0.2, 0.25) is 0 Å². The van der Waals surface area contributed by atoms with Gasteiger partial charge < -0.3 is 4.74 Å². The van der Waals surface area contributed by atoms with Crippen LogP contribution < -0.4 is 4.74 Å². The van der Waals surface area contributed by atoms with Gasteiger partial charge >= 0.3 is 0 Å². The Kier molecular flexibility index (Phi) is 4.46. The van der Waals surface area contributed by atoms with Gasteiger partial charge in [-0.05, 0) is 58.4 Å². The molecule has 0 bridgehead atoms. The van der Waals surface area contributed by atoms with Crippen molar-refractivity contribution in [1.29, 1.82) is 0 Å². The van der Waals surface area contributed by atoms with Gasteiger partial charge in [-0.25, -0.2) is 0 Å². The van der Waals surface area contributed by atoms with Crippen molar-refractivity contribution in [2.24, 2.45) is 0 Å². The van der Waals surface area contributed by atoms with E-state index in [1.54, 1.807) is 6.92 Å². The first-order chi connectivity index (χ1) is 9.93. The summed E-state index contributed by atoms with van der Waals surface area (Å²) in [6.07, 6.45) is 0. The SMILES string of the molecule is CCOc1ccc(C(C)=O)cc1Cn1nc(C)c(C)c1C. The van der Waals surface area contributed by atoms with Gasteiger partial charge in [0.05, 0.1) is 18.8 Å². The van der Waals surface area contributed by atoms with E-state index in [1.165, 1.54) is 5.56 Å². The van der Waals surface area contributed by atoms with Crippen LogP contribution in [-0.4, -0.2) is 22.2 Å². The summed E-state index contributed by atoms with van der Waals surface area (Å²) in [5.74, 6) is 0.872. The first-order valence-electron chi connectivity index (χ1n) is 7.21. The first-order valence-corrected chi connectivity index (χ1v) is 7.21. The van der Waals surface area contributed by atoms with E-state index in [0.717, 1.165) is 22.7 Å². The molecule has 0 fully saturated rings. The molecule has 4 nitrogen and oxygen atoms in total. The summed E-state index contributed by atoms with van der Waals surface area (Å²) < 4.78 is 7.63. The number of rotatable bonds is 5. The third-order valence-corrected chi connectivity index (χ3v) is 3.83. The third-order valence-electron chi connectivity index (χ3n) is 3.83. The van der Waals surface area contributed by atoms with Gasteiger partial charge in [-0.3, -0.25) is 9.48 Å². The van der Waals surface area contributed by atoms with Crippen molar-refractivity contribution in [2.75, 3.05) is 6.61 Å². The highest BCUT2D eigenvalue weighted by Gasteiger charge is 2.12. The normalized spacial score (nSPS) is 10.7.